The quantitative estimate of drug-likeness (QED) is 0.528. The van der Waals surface area contributed by atoms with Gasteiger partial charge < -0.3 is 5.32 Å². The Labute approximate surface area is 167 Å². The maximum absolute atomic E-state index is 13.7. The summed E-state index contributed by atoms with van der Waals surface area (Å²) in [6, 6.07) is 6.22. The molecule has 1 N–H and O–H groups in total. The minimum Gasteiger partial charge on any atom is -0.344 e. The maximum atomic E-state index is 13.7. The van der Waals surface area contributed by atoms with E-state index in [0.717, 1.165) is 35.6 Å². The van der Waals surface area contributed by atoms with Crippen molar-refractivity contribution >= 4 is 17.2 Å². The van der Waals surface area contributed by atoms with E-state index in [0.29, 0.717) is 0 Å². The first-order valence-corrected chi connectivity index (χ1v) is 9.34. The van der Waals surface area contributed by atoms with E-state index < -0.39 is 35.3 Å². The number of aromatic nitrogens is 1. The summed E-state index contributed by atoms with van der Waals surface area (Å²) >= 11 is 1.02. The van der Waals surface area contributed by atoms with Crippen molar-refractivity contribution in [2.24, 2.45) is 0 Å². The normalized spacial score (nSPS) is 12.7. The van der Waals surface area contributed by atoms with E-state index in [1.165, 1.54) is 24.4 Å². The molecule has 0 fully saturated rings. The molecule has 1 atom stereocenters. The lowest BCUT2D eigenvalue weighted by molar-refractivity contribution is -0.137. The van der Waals surface area contributed by atoms with Gasteiger partial charge in [0.2, 0.25) is 0 Å². The molecule has 9 heteroatoms. The number of carbonyl (C=O) groups excluding carboxylic acids is 1. The van der Waals surface area contributed by atoms with E-state index >= 15 is 0 Å². The molecule has 1 amide bonds. The molecule has 1 heterocycles. The molecule has 152 valence electrons. The van der Waals surface area contributed by atoms with Crippen LogP contribution in [0.25, 0.3) is 10.6 Å². The molecule has 0 aliphatic carbocycles. The van der Waals surface area contributed by atoms with Crippen molar-refractivity contribution in [1.82, 2.24) is 10.3 Å². The fourth-order valence-corrected chi connectivity index (χ4v) is 3.41. The summed E-state index contributed by atoms with van der Waals surface area (Å²) in [6.45, 7) is 2.86. The van der Waals surface area contributed by atoms with Crippen LogP contribution < -0.4 is 5.32 Å². The van der Waals surface area contributed by atoms with Crippen LogP contribution in [0.1, 0.15) is 40.1 Å². The lowest BCUT2D eigenvalue weighted by atomic mass is 10.1. The number of nitrogens with one attached hydrogen (secondary N) is 1. The van der Waals surface area contributed by atoms with Gasteiger partial charge in [0.25, 0.3) is 5.91 Å². The van der Waals surface area contributed by atoms with E-state index in [2.05, 4.69) is 10.3 Å². The summed E-state index contributed by atoms with van der Waals surface area (Å²) in [5, 5.41) is 4.24. The Kier molecular flexibility index (Phi) is 5.70. The van der Waals surface area contributed by atoms with Crippen molar-refractivity contribution in [2.75, 3.05) is 0 Å². The molecule has 1 aromatic heterocycles. The van der Waals surface area contributed by atoms with Crippen molar-refractivity contribution in [2.45, 2.75) is 26.1 Å². The average molecular weight is 426 g/mol. The fraction of sp³-hybridized carbons (Fsp3) is 0.200. The zero-order valence-electron chi connectivity index (χ0n) is 15.3. The van der Waals surface area contributed by atoms with Crippen LogP contribution >= 0.6 is 11.3 Å². The third-order valence-corrected chi connectivity index (χ3v) is 5.22. The van der Waals surface area contributed by atoms with Crippen LogP contribution in [-0.4, -0.2) is 10.9 Å². The monoisotopic (exact) mass is 426 g/mol. The lowest BCUT2D eigenvalue weighted by Gasteiger charge is -2.14. The van der Waals surface area contributed by atoms with Gasteiger partial charge in [0.1, 0.15) is 22.3 Å². The van der Waals surface area contributed by atoms with Crippen LogP contribution in [0.3, 0.4) is 0 Å². The second-order valence-electron chi connectivity index (χ2n) is 6.42. The number of hydrogen-bond acceptors (Lipinski definition) is 3. The Balaban J connectivity index is 1.78. The molecule has 2 aromatic carbocycles. The van der Waals surface area contributed by atoms with Gasteiger partial charge in [-0.05, 0) is 43.7 Å². The maximum Gasteiger partial charge on any atom is 0.416 e. The highest BCUT2D eigenvalue weighted by atomic mass is 32.1. The molecule has 0 radical (unpaired) electrons. The van der Waals surface area contributed by atoms with Crippen molar-refractivity contribution < 1.29 is 26.7 Å². The summed E-state index contributed by atoms with van der Waals surface area (Å²) in [6.07, 6.45) is -4.48. The highest BCUT2D eigenvalue weighted by Gasteiger charge is 2.30. The first kappa shape index (κ1) is 20.9. The number of rotatable bonds is 4. The van der Waals surface area contributed by atoms with Crippen molar-refractivity contribution in [3.05, 3.63) is 75.8 Å². The van der Waals surface area contributed by atoms with Gasteiger partial charge in [-0.2, -0.15) is 13.2 Å². The Morgan fingerprint density at radius 1 is 1.14 bits per heavy atom. The topological polar surface area (TPSA) is 42.0 Å². The number of halogens is 5. The van der Waals surface area contributed by atoms with Crippen molar-refractivity contribution in [1.29, 1.82) is 0 Å². The minimum atomic E-state index is -4.48. The van der Waals surface area contributed by atoms with E-state index in [-0.39, 0.29) is 27.4 Å². The number of carbonyl (C=O) groups is 1. The van der Waals surface area contributed by atoms with Gasteiger partial charge in [0, 0.05) is 16.5 Å². The van der Waals surface area contributed by atoms with Gasteiger partial charge >= 0.3 is 6.18 Å². The molecule has 3 nitrogen and oxygen atoms in total. The highest BCUT2D eigenvalue weighted by Crippen LogP contribution is 2.33. The molecule has 0 saturated heterocycles. The van der Waals surface area contributed by atoms with E-state index in [9.17, 15) is 26.7 Å². The van der Waals surface area contributed by atoms with Crippen LogP contribution in [0.15, 0.2) is 41.8 Å². The summed E-state index contributed by atoms with van der Waals surface area (Å²) in [5.41, 5.74) is -0.444. The molecule has 0 bridgehead atoms. The largest absolute Gasteiger partial charge is 0.416 e. The van der Waals surface area contributed by atoms with Crippen molar-refractivity contribution in [3.63, 3.8) is 0 Å². The summed E-state index contributed by atoms with van der Waals surface area (Å²) in [7, 11) is 0. The molecular weight excluding hydrogens is 411 g/mol. The summed E-state index contributed by atoms with van der Waals surface area (Å²) < 4.78 is 66.1. The minimum absolute atomic E-state index is 0.00215. The molecule has 3 aromatic rings. The predicted molar refractivity (Wildman–Crippen MR) is 99.5 cm³/mol. The summed E-state index contributed by atoms with van der Waals surface area (Å²) in [5.74, 6) is -2.04. The third kappa shape index (κ3) is 4.61. The highest BCUT2D eigenvalue weighted by molar-refractivity contribution is 7.13. The standard InChI is InChI=1S/C20H15F5N2OS/c1-10-15(21)7-13(8-16(10)22)11(2)26-18(28)17-9-29-19(27-17)12-4-3-5-14(6-12)20(23,24)25/h3-9,11H,1-2H3,(H,26,28)/t11-/m1/s1. The van der Waals surface area contributed by atoms with Gasteiger partial charge in [-0.25, -0.2) is 13.8 Å². The van der Waals surface area contributed by atoms with Crippen LogP contribution in [0.5, 0.6) is 0 Å². The predicted octanol–water partition coefficient (Wildman–Crippen LogP) is 5.91. The number of amides is 1. The first-order valence-electron chi connectivity index (χ1n) is 8.46. The molecule has 29 heavy (non-hydrogen) atoms. The molecule has 0 aliphatic heterocycles. The van der Waals surface area contributed by atoms with E-state index in [1.54, 1.807) is 6.92 Å². The molecule has 0 saturated carbocycles. The zero-order chi connectivity index (χ0) is 21.3. The number of nitrogens with zero attached hydrogens (tertiary/aromatic N) is 1. The Morgan fingerprint density at radius 3 is 2.41 bits per heavy atom. The van der Waals surface area contributed by atoms with Crippen molar-refractivity contribution in [3.8, 4) is 10.6 Å². The van der Waals surface area contributed by atoms with E-state index in [1.807, 2.05) is 0 Å². The Hall–Kier alpha value is -2.81. The third-order valence-electron chi connectivity index (χ3n) is 4.32. The second-order valence-corrected chi connectivity index (χ2v) is 7.28. The fourth-order valence-electron chi connectivity index (χ4n) is 2.61. The van der Waals surface area contributed by atoms with E-state index in [4.69, 9.17) is 0 Å². The molecule has 0 aliphatic rings. The number of hydrogen-bond donors (Lipinski definition) is 1. The van der Waals surface area contributed by atoms with Crippen LogP contribution in [0, 0.1) is 18.6 Å². The first-order chi connectivity index (χ1) is 13.6. The Bertz CT molecular complexity index is 1040. The molecule has 0 spiro atoms. The average Bonchev–Trinajstić information content (AvgIpc) is 3.15. The number of benzene rings is 2. The van der Waals surface area contributed by atoms with Gasteiger partial charge in [0.15, 0.2) is 0 Å². The van der Waals surface area contributed by atoms with Gasteiger partial charge in [0.05, 0.1) is 11.6 Å². The zero-order valence-corrected chi connectivity index (χ0v) is 16.1. The molecule has 3 rings (SSSR count). The smallest absolute Gasteiger partial charge is 0.344 e. The number of thiazole rings is 1. The van der Waals surface area contributed by atoms with Gasteiger partial charge in [-0.1, -0.05) is 12.1 Å². The lowest BCUT2D eigenvalue weighted by Crippen LogP contribution is -2.27. The van der Waals surface area contributed by atoms with Crippen LogP contribution in [0.4, 0.5) is 22.0 Å². The van der Waals surface area contributed by atoms with Gasteiger partial charge in [-0.3, -0.25) is 4.79 Å². The summed E-state index contributed by atoms with van der Waals surface area (Å²) in [4.78, 5) is 16.5. The van der Waals surface area contributed by atoms with Crippen LogP contribution in [0.2, 0.25) is 0 Å². The molecule has 0 unspecified atom stereocenters. The number of alkyl halides is 3. The Morgan fingerprint density at radius 2 is 1.79 bits per heavy atom. The van der Waals surface area contributed by atoms with Gasteiger partial charge in [-0.15, -0.1) is 11.3 Å². The molecular formula is C20H15F5N2OS. The second kappa shape index (κ2) is 7.90. The van der Waals surface area contributed by atoms with Crippen LogP contribution in [-0.2, 0) is 6.18 Å². The SMILES string of the molecule is Cc1c(F)cc([C@@H](C)NC(=O)c2csc(-c3cccc(C(F)(F)F)c3)n2)cc1F.